The summed E-state index contributed by atoms with van der Waals surface area (Å²) in [7, 11) is 0. The Morgan fingerprint density at radius 2 is 1.92 bits per heavy atom. The fourth-order valence-electron chi connectivity index (χ4n) is 4.47. The zero-order chi connectivity index (χ0) is 27.1. The van der Waals surface area contributed by atoms with Crippen molar-refractivity contribution in [3.8, 4) is 6.07 Å². The summed E-state index contributed by atoms with van der Waals surface area (Å²) in [4.78, 5) is 26.4. The number of nitriles is 1. The van der Waals surface area contributed by atoms with Crippen molar-refractivity contribution in [2.45, 2.75) is 45.8 Å². The minimum Gasteiger partial charge on any atom is -0.476 e. The first-order chi connectivity index (χ1) is 17.3. The summed E-state index contributed by atoms with van der Waals surface area (Å²) in [5.41, 5.74) is 0.687. The van der Waals surface area contributed by atoms with Gasteiger partial charge in [-0.25, -0.2) is 19.7 Å². The number of hydrogen-bond acceptors (Lipinski definition) is 7. The first-order valence-electron chi connectivity index (χ1n) is 11.5. The Hall–Kier alpha value is -3.65. The number of hydrogen-bond donors (Lipinski definition) is 2. The molecular formula is C25H24ClF3N6O2. The maximum absolute atomic E-state index is 13.5. The fraction of sp³-hybridized carbons (Fsp3) is 0.400. The van der Waals surface area contributed by atoms with Crippen LogP contribution in [0.2, 0.25) is 5.15 Å². The summed E-state index contributed by atoms with van der Waals surface area (Å²) < 4.78 is 40.5. The normalized spacial score (nSPS) is 16.3. The number of pyridine rings is 1. The van der Waals surface area contributed by atoms with Gasteiger partial charge in [0.25, 0.3) is 0 Å². The van der Waals surface area contributed by atoms with Crippen LogP contribution in [0.3, 0.4) is 0 Å². The van der Waals surface area contributed by atoms with Gasteiger partial charge in [0.1, 0.15) is 11.2 Å². The first-order valence-corrected chi connectivity index (χ1v) is 11.9. The SMILES string of the molecule is Cc1cc(C(C)Nc2ccc(Cl)nc2C(=O)O)c2nc(N3CCC(C)(C(F)(F)F)CC3)c(C#N)nc2c1. The van der Waals surface area contributed by atoms with Crippen LogP contribution in [0.5, 0.6) is 0 Å². The Morgan fingerprint density at radius 3 is 2.51 bits per heavy atom. The van der Waals surface area contributed by atoms with E-state index in [4.69, 9.17) is 16.6 Å². The van der Waals surface area contributed by atoms with E-state index in [1.54, 1.807) is 11.0 Å². The predicted octanol–water partition coefficient (Wildman–Crippen LogP) is 5.90. The zero-order valence-corrected chi connectivity index (χ0v) is 21.1. The van der Waals surface area contributed by atoms with Crippen LogP contribution in [0, 0.1) is 23.7 Å². The van der Waals surface area contributed by atoms with Gasteiger partial charge in [0.2, 0.25) is 0 Å². The van der Waals surface area contributed by atoms with E-state index in [0.29, 0.717) is 16.6 Å². The van der Waals surface area contributed by atoms with Crippen molar-refractivity contribution in [3.63, 3.8) is 0 Å². The average Bonchev–Trinajstić information content (AvgIpc) is 2.83. The number of nitrogens with zero attached hydrogens (tertiary/aromatic N) is 5. The topological polar surface area (TPSA) is 115 Å². The number of fused-ring (bicyclic) bond motifs is 1. The molecule has 1 aliphatic rings. The molecule has 3 aromatic rings. The summed E-state index contributed by atoms with van der Waals surface area (Å²) in [6.07, 6.45) is -4.56. The lowest BCUT2D eigenvalue weighted by Gasteiger charge is -2.41. The Labute approximate surface area is 216 Å². The number of benzene rings is 1. The Morgan fingerprint density at radius 1 is 1.24 bits per heavy atom. The molecule has 1 aliphatic heterocycles. The number of alkyl halides is 3. The minimum atomic E-state index is -4.32. The molecule has 4 rings (SSSR count). The predicted molar refractivity (Wildman–Crippen MR) is 133 cm³/mol. The van der Waals surface area contributed by atoms with Crippen LogP contribution >= 0.6 is 11.6 Å². The number of anilines is 2. The molecule has 1 unspecified atom stereocenters. The molecule has 0 aliphatic carbocycles. The average molecular weight is 533 g/mol. The van der Waals surface area contributed by atoms with Gasteiger partial charge in [0.05, 0.1) is 28.2 Å². The van der Waals surface area contributed by atoms with E-state index in [-0.39, 0.29) is 54.0 Å². The van der Waals surface area contributed by atoms with Crippen LogP contribution < -0.4 is 10.2 Å². The summed E-state index contributed by atoms with van der Waals surface area (Å²) in [6.45, 7) is 5.04. The zero-order valence-electron chi connectivity index (χ0n) is 20.3. The van der Waals surface area contributed by atoms with Gasteiger partial charge >= 0.3 is 12.1 Å². The lowest BCUT2D eigenvalue weighted by atomic mass is 9.79. The van der Waals surface area contributed by atoms with Gasteiger partial charge < -0.3 is 15.3 Å². The Balaban J connectivity index is 1.74. The fourth-order valence-corrected chi connectivity index (χ4v) is 4.62. The second kappa shape index (κ2) is 9.67. The van der Waals surface area contributed by atoms with E-state index in [0.717, 1.165) is 5.56 Å². The standard InChI is InChI=1S/C25H24ClF3N6O2/c1-13-10-15(14(2)31-16-4-5-19(26)33-21(16)23(36)37)20-17(11-13)32-18(12-30)22(34-20)35-8-6-24(3,7-9-35)25(27,28)29/h4-5,10-11,14,31H,6-9H2,1-3H3,(H,36,37). The lowest BCUT2D eigenvalue weighted by molar-refractivity contribution is -0.224. The van der Waals surface area contributed by atoms with E-state index in [9.17, 15) is 28.3 Å². The highest BCUT2D eigenvalue weighted by atomic mass is 35.5. The number of halogens is 4. The minimum absolute atomic E-state index is 0.0374. The van der Waals surface area contributed by atoms with Gasteiger partial charge in [0, 0.05) is 18.7 Å². The van der Waals surface area contributed by atoms with Crippen molar-refractivity contribution in [2.24, 2.45) is 5.41 Å². The molecule has 194 valence electrons. The molecule has 1 saturated heterocycles. The van der Waals surface area contributed by atoms with Crippen molar-refractivity contribution in [1.29, 1.82) is 5.26 Å². The number of carbonyl (C=O) groups is 1. The van der Waals surface area contributed by atoms with Crippen molar-refractivity contribution < 1.29 is 23.1 Å². The molecule has 1 atom stereocenters. The van der Waals surface area contributed by atoms with Crippen LogP contribution in [0.4, 0.5) is 24.7 Å². The Bertz CT molecular complexity index is 1410. The molecule has 12 heteroatoms. The van der Waals surface area contributed by atoms with E-state index < -0.39 is 23.6 Å². The number of rotatable bonds is 5. The molecule has 3 heterocycles. The largest absolute Gasteiger partial charge is 0.476 e. The third-order valence-corrected chi connectivity index (χ3v) is 7.00. The summed E-state index contributed by atoms with van der Waals surface area (Å²) in [5, 5.41) is 22.4. The highest BCUT2D eigenvalue weighted by molar-refractivity contribution is 6.29. The number of carboxylic acids is 1. The van der Waals surface area contributed by atoms with E-state index >= 15 is 0 Å². The highest BCUT2D eigenvalue weighted by Crippen LogP contribution is 2.46. The second-order valence-electron chi connectivity index (χ2n) is 9.48. The maximum Gasteiger partial charge on any atom is 0.394 e. The van der Waals surface area contributed by atoms with Crippen molar-refractivity contribution in [1.82, 2.24) is 15.0 Å². The molecule has 1 aromatic carbocycles. The van der Waals surface area contributed by atoms with Crippen LogP contribution in [0.25, 0.3) is 11.0 Å². The van der Waals surface area contributed by atoms with Gasteiger partial charge in [-0.15, -0.1) is 0 Å². The molecule has 1 fully saturated rings. The summed E-state index contributed by atoms with van der Waals surface area (Å²) in [6, 6.07) is 8.19. The molecule has 0 amide bonds. The summed E-state index contributed by atoms with van der Waals surface area (Å²) in [5.74, 6) is -1.01. The molecule has 2 N–H and O–H groups in total. The lowest BCUT2D eigenvalue weighted by Crippen LogP contribution is -2.46. The molecular weight excluding hydrogens is 509 g/mol. The third-order valence-electron chi connectivity index (χ3n) is 6.78. The molecule has 0 spiro atoms. The third kappa shape index (κ3) is 5.11. The molecule has 2 aromatic heterocycles. The van der Waals surface area contributed by atoms with Gasteiger partial charge in [-0.1, -0.05) is 24.6 Å². The van der Waals surface area contributed by atoms with Gasteiger partial charge in [-0.05, 0) is 50.5 Å². The van der Waals surface area contributed by atoms with Crippen molar-refractivity contribution >= 4 is 40.1 Å². The number of aryl methyl sites for hydroxylation is 1. The van der Waals surface area contributed by atoms with Crippen LogP contribution in [-0.2, 0) is 0 Å². The Kier molecular flexibility index (Phi) is 6.90. The van der Waals surface area contributed by atoms with Gasteiger partial charge in [0.15, 0.2) is 17.2 Å². The van der Waals surface area contributed by atoms with E-state index in [2.05, 4.69) is 15.3 Å². The van der Waals surface area contributed by atoms with Crippen LogP contribution in [-0.4, -0.2) is 45.3 Å². The maximum atomic E-state index is 13.5. The molecule has 8 nitrogen and oxygen atoms in total. The van der Waals surface area contributed by atoms with E-state index in [1.807, 2.05) is 26.0 Å². The number of aromatic carboxylic acids is 1. The molecule has 0 radical (unpaired) electrons. The van der Waals surface area contributed by atoms with Gasteiger partial charge in [-0.2, -0.15) is 18.4 Å². The number of piperidine rings is 1. The first kappa shape index (κ1) is 26.4. The second-order valence-corrected chi connectivity index (χ2v) is 9.86. The summed E-state index contributed by atoms with van der Waals surface area (Å²) >= 11 is 5.86. The van der Waals surface area contributed by atoms with Crippen molar-refractivity contribution in [2.75, 3.05) is 23.3 Å². The smallest absolute Gasteiger partial charge is 0.394 e. The number of nitrogens with one attached hydrogen (secondary N) is 1. The molecule has 0 bridgehead atoms. The highest BCUT2D eigenvalue weighted by Gasteiger charge is 2.52. The quantitative estimate of drug-likeness (QED) is 0.390. The van der Waals surface area contributed by atoms with Gasteiger partial charge in [-0.3, -0.25) is 0 Å². The van der Waals surface area contributed by atoms with Crippen molar-refractivity contribution in [3.05, 3.63) is 51.9 Å². The van der Waals surface area contributed by atoms with Crippen LogP contribution in [0.15, 0.2) is 24.3 Å². The van der Waals surface area contributed by atoms with Crippen LogP contribution in [0.1, 0.15) is 60.0 Å². The molecule has 0 saturated carbocycles. The van der Waals surface area contributed by atoms with E-state index in [1.165, 1.54) is 19.1 Å². The monoisotopic (exact) mass is 532 g/mol. The number of carboxylic acid groups (broad SMARTS) is 1. The molecule has 37 heavy (non-hydrogen) atoms. The number of aromatic nitrogens is 3.